The van der Waals surface area contributed by atoms with Crippen LogP contribution >= 0.6 is 23.4 Å². The number of nitrogens with zero attached hydrogens (tertiary/aromatic N) is 1. The van der Waals surface area contributed by atoms with Crippen molar-refractivity contribution in [1.82, 2.24) is 4.98 Å². The molecule has 1 aromatic rings. The van der Waals surface area contributed by atoms with Crippen LogP contribution < -0.4 is 5.73 Å². The van der Waals surface area contributed by atoms with Gasteiger partial charge in [0.2, 0.25) is 0 Å². The Bertz CT molecular complexity index is 425. The van der Waals surface area contributed by atoms with Crippen LogP contribution in [0.15, 0.2) is 17.2 Å². The molecule has 1 heterocycles. The summed E-state index contributed by atoms with van der Waals surface area (Å²) in [5.74, 6) is -0.236. The predicted molar refractivity (Wildman–Crippen MR) is 59.2 cm³/mol. The van der Waals surface area contributed by atoms with Gasteiger partial charge in [-0.05, 0) is 12.1 Å². The van der Waals surface area contributed by atoms with Crippen molar-refractivity contribution in [3.05, 3.63) is 23.4 Å². The Morgan fingerprint density at radius 3 is 2.59 bits per heavy atom. The zero-order chi connectivity index (χ0) is 13.1. The normalized spacial score (nSPS) is 11.5. The molecular weight excluding hydrogens is 277 g/mol. The predicted octanol–water partition coefficient (Wildman–Crippen LogP) is 2.53. The minimum absolute atomic E-state index is 0.0342. The fraction of sp³-hybridized carbons (Fsp3) is 0.333. The van der Waals surface area contributed by atoms with Crippen molar-refractivity contribution >= 4 is 29.3 Å². The van der Waals surface area contributed by atoms with Crippen molar-refractivity contribution in [3.8, 4) is 0 Å². The fourth-order valence-electron chi connectivity index (χ4n) is 1.03. The van der Waals surface area contributed by atoms with E-state index in [1.165, 1.54) is 0 Å². The maximum absolute atomic E-state index is 12.4. The lowest BCUT2D eigenvalue weighted by Crippen LogP contribution is -2.16. The quantitative estimate of drug-likeness (QED) is 0.683. The van der Waals surface area contributed by atoms with Gasteiger partial charge in [0.15, 0.2) is 0 Å². The van der Waals surface area contributed by atoms with Crippen LogP contribution in [0.1, 0.15) is 16.1 Å². The Labute approximate surface area is 105 Å². The molecule has 2 N–H and O–H groups in total. The fourth-order valence-corrected chi connectivity index (χ4v) is 2.02. The van der Waals surface area contributed by atoms with E-state index in [-0.39, 0.29) is 16.5 Å². The average molecular weight is 285 g/mol. The Morgan fingerprint density at radius 2 is 2.12 bits per heavy atom. The van der Waals surface area contributed by atoms with E-state index in [0.717, 1.165) is 23.9 Å². The number of nitrogens with two attached hydrogens (primary N) is 1. The number of halogens is 4. The lowest BCUT2D eigenvalue weighted by atomic mass is 10.2. The molecule has 0 aliphatic carbocycles. The van der Waals surface area contributed by atoms with Crippen molar-refractivity contribution in [2.75, 3.05) is 11.6 Å². The molecule has 1 aromatic heterocycles. The van der Waals surface area contributed by atoms with Crippen molar-refractivity contribution in [2.45, 2.75) is 11.2 Å². The molecule has 0 unspecified atom stereocenters. The Balaban J connectivity index is 3.14. The molecule has 3 nitrogen and oxygen atoms in total. The lowest BCUT2D eigenvalue weighted by Gasteiger charge is -2.09. The second-order valence-electron chi connectivity index (χ2n) is 2.95. The summed E-state index contributed by atoms with van der Waals surface area (Å²) in [6.07, 6.45) is -4.55. The molecule has 0 aliphatic heterocycles. The van der Waals surface area contributed by atoms with Crippen LogP contribution in [0.4, 0.5) is 13.2 Å². The third-order valence-corrected chi connectivity index (χ3v) is 3.14. The van der Waals surface area contributed by atoms with Crippen molar-refractivity contribution < 1.29 is 18.0 Å². The summed E-state index contributed by atoms with van der Waals surface area (Å²) in [4.78, 5) is 14.4. The second kappa shape index (κ2) is 5.59. The number of rotatable bonds is 4. The number of amides is 1. The molecule has 17 heavy (non-hydrogen) atoms. The van der Waals surface area contributed by atoms with Gasteiger partial charge in [-0.15, -0.1) is 23.4 Å². The van der Waals surface area contributed by atoms with Crippen LogP contribution in [0.3, 0.4) is 0 Å². The van der Waals surface area contributed by atoms with E-state index in [1.54, 1.807) is 0 Å². The van der Waals surface area contributed by atoms with E-state index < -0.39 is 17.8 Å². The second-order valence-corrected chi connectivity index (χ2v) is 4.41. The van der Waals surface area contributed by atoms with Gasteiger partial charge in [0.25, 0.3) is 5.91 Å². The largest absolute Gasteiger partial charge is 0.433 e. The summed E-state index contributed by atoms with van der Waals surface area (Å²) in [5.41, 5.74) is 3.95. The highest BCUT2D eigenvalue weighted by atomic mass is 35.5. The minimum Gasteiger partial charge on any atom is -0.366 e. The number of pyridine rings is 1. The lowest BCUT2D eigenvalue weighted by molar-refractivity contribution is -0.141. The standard InChI is InChI=1S/C9H8ClF3N2OS/c10-3-4-17-8-5(7(14)16)1-2-6(15-8)9(11,12)13/h1-2H,3-4H2,(H2,14,16). The smallest absolute Gasteiger partial charge is 0.366 e. The molecule has 0 atom stereocenters. The maximum Gasteiger partial charge on any atom is 0.433 e. The van der Waals surface area contributed by atoms with Gasteiger partial charge in [0, 0.05) is 11.6 Å². The van der Waals surface area contributed by atoms with Gasteiger partial charge in [0.05, 0.1) is 5.56 Å². The first-order valence-corrected chi connectivity index (χ1v) is 5.95. The third kappa shape index (κ3) is 3.78. The van der Waals surface area contributed by atoms with Gasteiger partial charge >= 0.3 is 6.18 Å². The van der Waals surface area contributed by atoms with Gasteiger partial charge in [-0.2, -0.15) is 13.2 Å². The molecule has 0 radical (unpaired) electrons. The summed E-state index contributed by atoms with van der Waals surface area (Å²) in [5, 5.41) is -0.0482. The number of carbonyl (C=O) groups excluding carboxylic acids is 1. The highest BCUT2D eigenvalue weighted by molar-refractivity contribution is 7.99. The topological polar surface area (TPSA) is 56.0 Å². The molecule has 1 rings (SSSR count). The number of hydrogen-bond acceptors (Lipinski definition) is 3. The number of hydrogen-bond donors (Lipinski definition) is 1. The van der Waals surface area contributed by atoms with Crippen molar-refractivity contribution in [1.29, 1.82) is 0 Å². The summed E-state index contributed by atoms with van der Waals surface area (Å²) >= 11 is 6.39. The first kappa shape index (κ1) is 14.1. The van der Waals surface area contributed by atoms with Crippen LogP contribution in [0.25, 0.3) is 0 Å². The van der Waals surface area contributed by atoms with Gasteiger partial charge in [-0.1, -0.05) is 0 Å². The number of primary amides is 1. The molecule has 0 fully saturated rings. The summed E-state index contributed by atoms with van der Waals surface area (Å²) in [6.45, 7) is 0. The zero-order valence-electron chi connectivity index (χ0n) is 8.42. The van der Waals surface area contributed by atoms with Gasteiger partial charge in [-0.3, -0.25) is 4.79 Å². The summed E-state index contributed by atoms with van der Waals surface area (Å²) in [7, 11) is 0. The number of carbonyl (C=O) groups is 1. The molecule has 0 aromatic carbocycles. The van der Waals surface area contributed by atoms with E-state index in [1.807, 2.05) is 0 Å². The molecule has 0 bridgehead atoms. The molecule has 0 saturated carbocycles. The molecule has 0 aliphatic rings. The monoisotopic (exact) mass is 284 g/mol. The summed E-state index contributed by atoms with van der Waals surface area (Å²) in [6, 6.07) is 1.75. The third-order valence-electron chi connectivity index (χ3n) is 1.73. The van der Waals surface area contributed by atoms with E-state index >= 15 is 0 Å². The highest BCUT2D eigenvalue weighted by Gasteiger charge is 2.33. The maximum atomic E-state index is 12.4. The Kier molecular flexibility index (Phi) is 4.64. The van der Waals surface area contributed by atoms with Gasteiger partial charge in [0.1, 0.15) is 10.7 Å². The molecule has 1 amide bonds. The number of thioether (sulfide) groups is 1. The molecule has 8 heteroatoms. The Hall–Kier alpha value is -0.950. The SMILES string of the molecule is NC(=O)c1ccc(C(F)(F)F)nc1SCCCl. The van der Waals surface area contributed by atoms with E-state index in [0.29, 0.717) is 5.75 Å². The van der Waals surface area contributed by atoms with Crippen LogP contribution in [-0.2, 0) is 6.18 Å². The van der Waals surface area contributed by atoms with Crippen molar-refractivity contribution in [3.63, 3.8) is 0 Å². The average Bonchev–Trinajstić information content (AvgIpc) is 2.24. The van der Waals surface area contributed by atoms with Crippen LogP contribution in [-0.4, -0.2) is 22.5 Å². The first-order chi connectivity index (χ1) is 7.86. The molecular formula is C9H8ClF3N2OS. The van der Waals surface area contributed by atoms with Gasteiger partial charge < -0.3 is 5.73 Å². The summed E-state index contributed by atoms with van der Waals surface area (Å²) < 4.78 is 37.2. The first-order valence-electron chi connectivity index (χ1n) is 4.43. The minimum atomic E-state index is -4.55. The van der Waals surface area contributed by atoms with Crippen LogP contribution in [0.5, 0.6) is 0 Å². The van der Waals surface area contributed by atoms with E-state index in [9.17, 15) is 18.0 Å². The van der Waals surface area contributed by atoms with Crippen molar-refractivity contribution in [2.24, 2.45) is 5.73 Å². The number of aromatic nitrogens is 1. The van der Waals surface area contributed by atoms with E-state index in [4.69, 9.17) is 17.3 Å². The van der Waals surface area contributed by atoms with Crippen LogP contribution in [0.2, 0.25) is 0 Å². The van der Waals surface area contributed by atoms with Gasteiger partial charge in [-0.25, -0.2) is 4.98 Å². The van der Waals surface area contributed by atoms with E-state index in [2.05, 4.69) is 4.98 Å². The zero-order valence-corrected chi connectivity index (χ0v) is 9.99. The molecule has 0 saturated heterocycles. The highest BCUT2D eigenvalue weighted by Crippen LogP contribution is 2.30. The van der Waals surface area contributed by atoms with Crippen LogP contribution in [0, 0.1) is 0 Å². The molecule has 94 valence electrons. The molecule has 0 spiro atoms. The number of alkyl halides is 4. The Morgan fingerprint density at radius 1 is 1.47 bits per heavy atom.